The average molecular weight is 238 g/mol. The van der Waals surface area contributed by atoms with Crippen molar-refractivity contribution in [2.75, 3.05) is 26.7 Å². The van der Waals surface area contributed by atoms with E-state index in [0.717, 1.165) is 25.9 Å². The summed E-state index contributed by atoms with van der Waals surface area (Å²) >= 11 is 0. The minimum Gasteiger partial charge on any atom is -0.356 e. The summed E-state index contributed by atoms with van der Waals surface area (Å²) in [6.45, 7) is 8.13. The van der Waals surface area contributed by atoms with Crippen LogP contribution in [0.2, 0.25) is 0 Å². The van der Waals surface area contributed by atoms with Gasteiger partial charge in [-0.3, -0.25) is 5.32 Å². The maximum atomic E-state index is 6.56. The zero-order chi connectivity index (χ0) is 12.1. The molecule has 0 aromatic heterocycles. The first kappa shape index (κ1) is 11.9. The van der Waals surface area contributed by atoms with E-state index in [-0.39, 0.29) is 5.72 Å². The molecular weight excluding hydrogens is 212 g/mol. The molecule has 3 heteroatoms. The quantitative estimate of drug-likeness (QED) is 0.754. The first-order chi connectivity index (χ1) is 8.05. The van der Waals surface area contributed by atoms with Crippen LogP contribution >= 0.6 is 0 Å². The second-order valence-electron chi connectivity index (χ2n) is 6.80. The van der Waals surface area contributed by atoms with Gasteiger partial charge in [-0.2, -0.15) is 0 Å². The summed E-state index contributed by atoms with van der Waals surface area (Å²) in [5, 5.41) is 3.74. The van der Waals surface area contributed by atoms with Gasteiger partial charge in [0.1, 0.15) is 5.72 Å². The number of likely N-dealkylation sites (tertiary alicyclic amines) is 1. The Morgan fingerprint density at radius 1 is 1.18 bits per heavy atom. The van der Waals surface area contributed by atoms with E-state index < -0.39 is 0 Å². The first-order valence-electron chi connectivity index (χ1n) is 7.17. The van der Waals surface area contributed by atoms with E-state index in [1.807, 2.05) is 0 Å². The minimum absolute atomic E-state index is 0.00468. The molecule has 1 atom stereocenters. The third-order valence-electron chi connectivity index (χ3n) is 5.01. The molecule has 0 bridgehead atoms. The van der Waals surface area contributed by atoms with Crippen LogP contribution in [0.1, 0.15) is 39.5 Å². The Morgan fingerprint density at radius 3 is 2.35 bits per heavy atom. The summed E-state index contributed by atoms with van der Waals surface area (Å²) < 4.78 is 6.56. The van der Waals surface area contributed by atoms with Crippen molar-refractivity contribution >= 4 is 0 Å². The lowest BCUT2D eigenvalue weighted by molar-refractivity contribution is -0.204. The van der Waals surface area contributed by atoms with Crippen LogP contribution in [0.5, 0.6) is 0 Å². The average Bonchev–Trinajstić information content (AvgIpc) is 3.07. The van der Waals surface area contributed by atoms with Crippen LogP contribution in [0, 0.1) is 11.3 Å². The molecule has 98 valence electrons. The Labute approximate surface area is 105 Å². The Hall–Kier alpha value is -0.120. The van der Waals surface area contributed by atoms with Crippen molar-refractivity contribution in [1.82, 2.24) is 10.2 Å². The molecule has 3 fully saturated rings. The highest BCUT2D eigenvalue weighted by Crippen LogP contribution is 2.55. The predicted octanol–water partition coefficient (Wildman–Crippen LogP) is 1.83. The molecule has 3 nitrogen and oxygen atoms in total. The molecule has 17 heavy (non-hydrogen) atoms. The summed E-state index contributed by atoms with van der Waals surface area (Å²) in [7, 11) is 2.21. The van der Waals surface area contributed by atoms with Crippen molar-refractivity contribution in [2.45, 2.75) is 51.4 Å². The molecule has 2 spiro atoms. The minimum atomic E-state index is -0.00468. The summed E-state index contributed by atoms with van der Waals surface area (Å²) in [5.74, 6) is 0.649. The largest absolute Gasteiger partial charge is 0.356 e. The number of nitrogens with one attached hydrogen (secondary N) is 1. The fourth-order valence-electron chi connectivity index (χ4n) is 3.59. The van der Waals surface area contributed by atoms with Crippen molar-refractivity contribution in [2.24, 2.45) is 11.3 Å². The van der Waals surface area contributed by atoms with E-state index in [9.17, 15) is 0 Å². The molecule has 0 amide bonds. The Morgan fingerprint density at radius 2 is 1.82 bits per heavy atom. The number of hydrogen-bond donors (Lipinski definition) is 1. The van der Waals surface area contributed by atoms with Crippen LogP contribution in [0.3, 0.4) is 0 Å². The summed E-state index contributed by atoms with van der Waals surface area (Å²) in [4.78, 5) is 2.40. The lowest BCUT2D eigenvalue weighted by Gasteiger charge is -2.50. The normalized spacial score (nSPS) is 35.6. The predicted molar refractivity (Wildman–Crippen MR) is 68.8 cm³/mol. The van der Waals surface area contributed by atoms with Gasteiger partial charge >= 0.3 is 0 Å². The molecule has 2 aliphatic heterocycles. The number of ether oxygens (including phenoxy) is 1. The summed E-state index contributed by atoms with van der Waals surface area (Å²) in [6, 6.07) is 0. The second-order valence-corrected chi connectivity index (χ2v) is 6.80. The molecule has 1 unspecified atom stereocenters. The van der Waals surface area contributed by atoms with Gasteiger partial charge in [-0.05, 0) is 25.8 Å². The zero-order valence-electron chi connectivity index (χ0n) is 11.5. The topological polar surface area (TPSA) is 24.5 Å². The highest BCUT2D eigenvalue weighted by atomic mass is 16.5. The zero-order valence-corrected chi connectivity index (χ0v) is 11.5. The second kappa shape index (κ2) is 3.94. The van der Waals surface area contributed by atoms with Gasteiger partial charge in [0.2, 0.25) is 0 Å². The Bertz CT molecular complexity index is 291. The summed E-state index contributed by atoms with van der Waals surface area (Å²) in [5.41, 5.74) is 0.484. The standard InChI is InChI=1S/C14H26N2O/c1-11(2)12-13(4-5-13)10-15-14(17-12)6-8-16(3)9-7-14/h11-12,15H,4-10H2,1-3H3. The Kier molecular flexibility index (Phi) is 2.77. The third kappa shape index (κ3) is 2.02. The third-order valence-corrected chi connectivity index (χ3v) is 5.01. The van der Waals surface area contributed by atoms with Gasteiger partial charge < -0.3 is 9.64 Å². The fourth-order valence-corrected chi connectivity index (χ4v) is 3.59. The molecular formula is C14H26N2O. The van der Waals surface area contributed by atoms with Gasteiger partial charge in [0.25, 0.3) is 0 Å². The Balaban J connectivity index is 1.72. The number of rotatable bonds is 1. The van der Waals surface area contributed by atoms with Gasteiger partial charge in [0, 0.05) is 37.9 Å². The highest BCUT2D eigenvalue weighted by molar-refractivity contribution is 5.07. The SMILES string of the molecule is CC(C)C1OC2(CCN(C)CC2)NCC12CC2. The molecule has 0 radical (unpaired) electrons. The van der Waals surface area contributed by atoms with Crippen molar-refractivity contribution in [3.05, 3.63) is 0 Å². The van der Waals surface area contributed by atoms with Gasteiger partial charge in [0.15, 0.2) is 0 Å². The van der Waals surface area contributed by atoms with Crippen LogP contribution < -0.4 is 5.32 Å². The van der Waals surface area contributed by atoms with E-state index in [1.165, 1.54) is 19.4 Å². The van der Waals surface area contributed by atoms with E-state index in [4.69, 9.17) is 4.74 Å². The molecule has 2 saturated heterocycles. The number of hydrogen-bond acceptors (Lipinski definition) is 3. The number of piperidine rings is 1. The van der Waals surface area contributed by atoms with Crippen LogP contribution in [0.4, 0.5) is 0 Å². The van der Waals surface area contributed by atoms with Crippen LogP contribution in [-0.4, -0.2) is 43.4 Å². The highest BCUT2D eigenvalue weighted by Gasteiger charge is 2.57. The van der Waals surface area contributed by atoms with E-state index >= 15 is 0 Å². The molecule has 3 rings (SSSR count). The van der Waals surface area contributed by atoms with Crippen molar-refractivity contribution in [3.8, 4) is 0 Å². The summed E-state index contributed by atoms with van der Waals surface area (Å²) in [6.07, 6.45) is 5.48. The van der Waals surface area contributed by atoms with Crippen LogP contribution in [0.15, 0.2) is 0 Å². The molecule has 1 aliphatic carbocycles. The maximum Gasteiger partial charge on any atom is 0.122 e. The molecule has 0 aromatic rings. The lowest BCUT2D eigenvalue weighted by atomic mass is 9.85. The van der Waals surface area contributed by atoms with Crippen LogP contribution in [0.25, 0.3) is 0 Å². The first-order valence-corrected chi connectivity index (χ1v) is 7.17. The fraction of sp³-hybridized carbons (Fsp3) is 1.00. The van der Waals surface area contributed by atoms with Crippen molar-refractivity contribution in [3.63, 3.8) is 0 Å². The van der Waals surface area contributed by atoms with E-state index in [2.05, 4.69) is 31.1 Å². The molecule has 3 aliphatic rings. The lowest BCUT2D eigenvalue weighted by Crippen LogP contribution is -2.63. The molecule has 0 aromatic carbocycles. The molecule has 2 heterocycles. The van der Waals surface area contributed by atoms with Crippen molar-refractivity contribution < 1.29 is 4.74 Å². The van der Waals surface area contributed by atoms with Gasteiger partial charge in [-0.25, -0.2) is 0 Å². The number of nitrogens with zero attached hydrogens (tertiary/aromatic N) is 1. The van der Waals surface area contributed by atoms with E-state index in [1.54, 1.807) is 0 Å². The van der Waals surface area contributed by atoms with E-state index in [0.29, 0.717) is 17.4 Å². The van der Waals surface area contributed by atoms with Crippen molar-refractivity contribution in [1.29, 1.82) is 0 Å². The van der Waals surface area contributed by atoms with Gasteiger partial charge in [-0.1, -0.05) is 13.8 Å². The van der Waals surface area contributed by atoms with Gasteiger partial charge in [-0.15, -0.1) is 0 Å². The monoisotopic (exact) mass is 238 g/mol. The van der Waals surface area contributed by atoms with Gasteiger partial charge in [0.05, 0.1) is 6.10 Å². The smallest absolute Gasteiger partial charge is 0.122 e. The van der Waals surface area contributed by atoms with Crippen LogP contribution in [-0.2, 0) is 4.74 Å². The maximum absolute atomic E-state index is 6.56. The molecule has 1 saturated carbocycles. The molecule has 1 N–H and O–H groups in total.